The molecule has 3 heterocycles. The molecule has 1 aromatic carbocycles. The number of hydrogen-bond acceptors (Lipinski definition) is 8. The van der Waals surface area contributed by atoms with Crippen molar-refractivity contribution in [2.24, 2.45) is 5.10 Å². The standard InChI is InChI=1S/C22H25F3N6O2/c1-12-7-17(19-30-31-20(33-19)26-10-13-5-6-27-29-13)28-18-15(12)8-14(32-11-22(23,24)25)9-16(18)21(2,3)4/h6-9,13,29H,5,10-11H2,1-4H3,(H,26,31). The zero-order valence-corrected chi connectivity index (χ0v) is 18.7. The maximum Gasteiger partial charge on any atom is 0.422 e. The van der Waals surface area contributed by atoms with E-state index >= 15 is 0 Å². The second-order valence-corrected chi connectivity index (χ2v) is 9.01. The van der Waals surface area contributed by atoms with Crippen molar-refractivity contribution >= 4 is 23.1 Å². The summed E-state index contributed by atoms with van der Waals surface area (Å²) in [7, 11) is 0. The average molecular weight is 462 g/mol. The highest BCUT2D eigenvalue weighted by molar-refractivity contribution is 5.89. The molecule has 0 saturated heterocycles. The van der Waals surface area contributed by atoms with Crippen molar-refractivity contribution in [2.75, 3.05) is 18.5 Å². The molecule has 2 N–H and O–H groups in total. The third-order valence-electron chi connectivity index (χ3n) is 5.19. The van der Waals surface area contributed by atoms with Gasteiger partial charge in [0.05, 0.1) is 11.6 Å². The fourth-order valence-corrected chi connectivity index (χ4v) is 3.52. The minimum absolute atomic E-state index is 0.149. The minimum Gasteiger partial charge on any atom is -0.484 e. The van der Waals surface area contributed by atoms with Gasteiger partial charge in [-0.2, -0.15) is 18.3 Å². The molecule has 1 atom stereocenters. The number of aromatic nitrogens is 3. The molecular formula is C22H25F3N6O2. The van der Waals surface area contributed by atoms with Crippen molar-refractivity contribution in [1.82, 2.24) is 20.6 Å². The molecule has 0 radical (unpaired) electrons. The van der Waals surface area contributed by atoms with E-state index in [1.165, 1.54) is 0 Å². The Labute approximate surface area is 188 Å². The fourth-order valence-electron chi connectivity index (χ4n) is 3.52. The predicted octanol–water partition coefficient (Wildman–Crippen LogP) is 4.59. The molecule has 0 bridgehead atoms. The number of rotatable bonds is 6. The number of hydrogen-bond donors (Lipinski definition) is 2. The maximum atomic E-state index is 12.7. The number of anilines is 1. The molecule has 11 heteroatoms. The van der Waals surface area contributed by atoms with E-state index in [1.807, 2.05) is 27.7 Å². The van der Waals surface area contributed by atoms with Gasteiger partial charge in [0.2, 0.25) is 0 Å². The monoisotopic (exact) mass is 462 g/mol. The first-order chi connectivity index (χ1) is 15.5. The molecule has 0 spiro atoms. The molecular weight excluding hydrogens is 437 g/mol. The van der Waals surface area contributed by atoms with Gasteiger partial charge in [-0.25, -0.2) is 4.98 Å². The molecule has 8 nitrogen and oxygen atoms in total. The van der Waals surface area contributed by atoms with Crippen LogP contribution in [-0.2, 0) is 5.41 Å². The van der Waals surface area contributed by atoms with E-state index < -0.39 is 18.2 Å². The zero-order chi connectivity index (χ0) is 23.8. The van der Waals surface area contributed by atoms with Crippen LogP contribution < -0.4 is 15.5 Å². The second kappa shape index (κ2) is 8.53. The number of aryl methyl sites for hydroxylation is 1. The lowest BCUT2D eigenvalue weighted by Gasteiger charge is -2.23. The summed E-state index contributed by atoms with van der Waals surface area (Å²) in [6.07, 6.45) is -1.80. The normalized spacial score (nSPS) is 16.3. The van der Waals surface area contributed by atoms with Crippen molar-refractivity contribution in [1.29, 1.82) is 0 Å². The van der Waals surface area contributed by atoms with Gasteiger partial charge in [0.15, 0.2) is 6.61 Å². The van der Waals surface area contributed by atoms with Gasteiger partial charge in [-0.3, -0.25) is 0 Å². The van der Waals surface area contributed by atoms with Crippen molar-refractivity contribution in [2.45, 2.75) is 51.7 Å². The molecule has 1 aliphatic heterocycles. The Bertz CT molecular complexity index is 1180. The molecule has 176 valence electrons. The van der Waals surface area contributed by atoms with Crippen molar-refractivity contribution in [3.05, 3.63) is 29.3 Å². The summed E-state index contributed by atoms with van der Waals surface area (Å²) >= 11 is 0. The number of nitrogens with zero attached hydrogens (tertiary/aromatic N) is 4. The lowest BCUT2D eigenvalue weighted by molar-refractivity contribution is -0.153. The summed E-state index contributed by atoms with van der Waals surface area (Å²) < 4.78 is 48.8. The van der Waals surface area contributed by atoms with Gasteiger partial charge in [-0.15, -0.1) is 5.10 Å². The third-order valence-corrected chi connectivity index (χ3v) is 5.19. The molecule has 0 amide bonds. The SMILES string of the molecule is Cc1cc(-c2nnc(NCC3CC=NN3)o2)nc2c(C(C)(C)C)cc(OCC(F)(F)F)cc12. The van der Waals surface area contributed by atoms with E-state index in [-0.39, 0.29) is 23.7 Å². The van der Waals surface area contributed by atoms with Crippen LogP contribution in [0.1, 0.15) is 38.3 Å². The van der Waals surface area contributed by atoms with Crippen LogP contribution in [-0.4, -0.2) is 46.8 Å². The van der Waals surface area contributed by atoms with Crippen LogP contribution >= 0.6 is 0 Å². The Morgan fingerprint density at radius 2 is 1.97 bits per heavy atom. The number of alkyl halides is 3. The Morgan fingerprint density at radius 3 is 2.64 bits per heavy atom. The number of ether oxygens (including phenoxy) is 1. The lowest BCUT2D eigenvalue weighted by Crippen LogP contribution is -2.28. The molecule has 0 fully saturated rings. The molecule has 4 rings (SSSR count). The van der Waals surface area contributed by atoms with Gasteiger partial charge < -0.3 is 19.9 Å². The van der Waals surface area contributed by atoms with Crippen molar-refractivity contribution in [3.8, 4) is 17.3 Å². The van der Waals surface area contributed by atoms with E-state index in [4.69, 9.17) is 14.1 Å². The first kappa shape index (κ1) is 22.8. The summed E-state index contributed by atoms with van der Waals surface area (Å²) in [6.45, 7) is 6.97. The van der Waals surface area contributed by atoms with Crippen LogP contribution in [0.5, 0.6) is 5.75 Å². The van der Waals surface area contributed by atoms with Gasteiger partial charge in [0.25, 0.3) is 5.89 Å². The topological polar surface area (TPSA) is 97.5 Å². The summed E-state index contributed by atoms with van der Waals surface area (Å²) in [5, 5.41) is 15.9. The maximum absolute atomic E-state index is 12.7. The molecule has 2 aromatic heterocycles. The molecule has 3 aromatic rings. The number of fused-ring (bicyclic) bond motifs is 1. The van der Waals surface area contributed by atoms with Gasteiger partial charge >= 0.3 is 12.2 Å². The highest BCUT2D eigenvalue weighted by Gasteiger charge is 2.29. The molecule has 33 heavy (non-hydrogen) atoms. The van der Waals surface area contributed by atoms with Crippen LogP contribution in [0.2, 0.25) is 0 Å². The van der Waals surface area contributed by atoms with Crippen LogP contribution in [0.25, 0.3) is 22.5 Å². The lowest BCUT2D eigenvalue weighted by atomic mass is 9.84. The summed E-state index contributed by atoms with van der Waals surface area (Å²) in [6, 6.07) is 5.39. The predicted molar refractivity (Wildman–Crippen MR) is 119 cm³/mol. The van der Waals surface area contributed by atoms with Crippen LogP contribution in [0, 0.1) is 6.92 Å². The summed E-state index contributed by atoms with van der Waals surface area (Å²) in [5.41, 5.74) is 5.26. The first-order valence-electron chi connectivity index (χ1n) is 10.5. The van der Waals surface area contributed by atoms with E-state index in [1.54, 1.807) is 24.4 Å². The van der Waals surface area contributed by atoms with E-state index in [9.17, 15) is 13.2 Å². The van der Waals surface area contributed by atoms with Gasteiger partial charge in [0, 0.05) is 24.6 Å². The van der Waals surface area contributed by atoms with E-state index in [0.717, 1.165) is 17.5 Å². The minimum atomic E-state index is -4.42. The highest BCUT2D eigenvalue weighted by Crippen LogP contribution is 2.36. The average Bonchev–Trinajstić information content (AvgIpc) is 3.41. The molecule has 1 aliphatic rings. The second-order valence-electron chi connectivity index (χ2n) is 9.01. The zero-order valence-electron chi connectivity index (χ0n) is 18.7. The van der Waals surface area contributed by atoms with Crippen molar-refractivity contribution in [3.63, 3.8) is 0 Å². The van der Waals surface area contributed by atoms with Crippen LogP contribution in [0.3, 0.4) is 0 Å². The fraction of sp³-hybridized carbons (Fsp3) is 0.455. The number of benzene rings is 1. The van der Waals surface area contributed by atoms with Crippen LogP contribution in [0.4, 0.5) is 19.2 Å². The summed E-state index contributed by atoms with van der Waals surface area (Å²) in [5.74, 6) is 0.395. The molecule has 1 unspecified atom stereocenters. The van der Waals surface area contributed by atoms with E-state index in [2.05, 4.69) is 26.0 Å². The Balaban J connectivity index is 1.67. The smallest absolute Gasteiger partial charge is 0.422 e. The highest BCUT2D eigenvalue weighted by atomic mass is 19.4. The number of nitrogens with one attached hydrogen (secondary N) is 2. The Kier molecular flexibility index (Phi) is 5.89. The summed E-state index contributed by atoms with van der Waals surface area (Å²) in [4.78, 5) is 4.74. The number of hydrazone groups is 1. The van der Waals surface area contributed by atoms with Gasteiger partial charge in [-0.05, 0) is 41.7 Å². The van der Waals surface area contributed by atoms with Gasteiger partial charge in [-0.1, -0.05) is 25.9 Å². The van der Waals surface area contributed by atoms with E-state index in [0.29, 0.717) is 23.1 Å². The largest absolute Gasteiger partial charge is 0.484 e. The quantitative estimate of drug-likeness (QED) is 0.553. The Morgan fingerprint density at radius 1 is 1.18 bits per heavy atom. The van der Waals surface area contributed by atoms with Crippen LogP contribution in [0.15, 0.2) is 27.7 Å². The molecule has 0 aliphatic carbocycles. The van der Waals surface area contributed by atoms with Gasteiger partial charge in [0.1, 0.15) is 11.4 Å². The molecule has 0 saturated carbocycles. The van der Waals surface area contributed by atoms with Crippen molar-refractivity contribution < 1.29 is 22.3 Å². The first-order valence-corrected chi connectivity index (χ1v) is 10.5. The third kappa shape index (κ3) is 5.35. The number of halogens is 3. The number of pyridine rings is 1. The Hall–Kier alpha value is -3.37.